The molecule has 1 aromatic carbocycles. The fourth-order valence-electron chi connectivity index (χ4n) is 1.42. The maximum Gasteiger partial charge on any atom is 0.229 e. The summed E-state index contributed by atoms with van der Waals surface area (Å²) in [5.74, 6) is 0.219. The van der Waals surface area contributed by atoms with E-state index in [4.69, 9.17) is 0 Å². The van der Waals surface area contributed by atoms with E-state index in [0.29, 0.717) is 17.2 Å². The van der Waals surface area contributed by atoms with E-state index in [2.05, 4.69) is 15.0 Å². The molecule has 7 heteroatoms. The lowest BCUT2D eigenvalue weighted by molar-refractivity contribution is 0.606. The van der Waals surface area contributed by atoms with E-state index in [1.807, 2.05) is 0 Å². The van der Waals surface area contributed by atoms with Crippen molar-refractivity contribution in [2.24, 2.45) is 0 Å². The summed E-state index contributed by atoms with van der Waals surface area (Å²) in [5.41, 5.74) is 1.07. The number of halogens is 1. The molecule has 0 amide bonds. The minimum absolute atomic E-state index is 0.314. The maximum atomic E-state index is 12.7. The molecule has 2 N–H and O–H groups in total. The van der Waals surface area contributed by atoms with Crippen molar-refractivity contribution in [3.05, 3.63) is 48.4 Å². The van der Waals surface area contributed by atoms with Crippen LogP contribution in [0, 0.1) is 5.82 Å². The zero-order valence-electron chi connectivity index (χ0n) is 10.1. The summed E-state index contributed by atoms with van der Waals surface area (Å²) < 4.78 is 37.1. The zero-order valence-corrected chi connectivity index (χ0v) is 10.9. The van der Waals surface area contributed by atoms with Gasteiger partial charge in [0, 0.05) is 5.69 Å². The third-order valence-corrected chi connectivity index (χ3v) is 2.79. The normalized spacial score (nSPS) is 11.1. The summed E-state index contributed by atoms with van der Waals surface area (Å²) in [7, 11) is -3.31. The van der Waals surface area contributed by atoms with E-state index in [1.54, 1.807) is 24.3 Å². The second kappa shape index (κ2) is 5.23. The van der Waals surface area contributed by atoms with Crippen LogP contribution in [0.4, 0.5) is 21.6 Å². The van der Waals surface area contributed by atoms with Gasteiger partial charge in [-0.1, -0.05) is 0 Å². The molecule has 0 aliphatic heterocycles. The molecule has 5 nitrogen and oxygen atoms in total. The summed E-state index contributed by atoms with van der Waals surface area (Å²) in [6.07, 6.45) is 2.46. The van der Waals surface area contributed by atoms with E-state index in [9.17, 15) is 12.8 Å². The van der Waals surface area contributed by atoms with E-state index >= 15 is 0 Å². The number of nitrogens with zero attached hydrogens (tertiary/aromatic N) is 1. The minimum atomic E-state index is -3.31. The van der Waals surface area contributed by atoms with Gasteiger partial charge >= 0.3 is 0 Å². The molecule has 0 fully saturated rings. The van der Waals surface area contributed by atoms with E-state index < -0.39 is 10.0 Å². The summed E-state index contributed by atoms with van der Waals surface area (Å²) >= 11 is 0. The first kappa shape index (κ1) is 13.3. The zero-order chi connectivity index (χ0) is 13.9. The van der Waals surface area contributed by atoms with Crippen molar-refractivity contribution in [1.29, 1.82) is 0 Å². The van der Waals surface area contributed by atoms with Crippen LogP contribution in [-0.4, -0.2) is 19.7 Å². The predicted octanol–water partition coefficient (Wildman–Crippen LogP) is 2.34. The number of benzene rings is 1. The topological polar surface area (TPSA) is 71.1 Å². The lowest BCUT2D eigenvalue weighted by Crippen LogP contribution is -2.09. The Hall–Kier alpha value is -2.15. The van der Waals surface area contributed by atoms with Gasteiger partial charge in [-0.3, -0.25) is 4.72 Å². The Morgan fingerprint density at radius 3 is 2.21 bits per heavy atom. The third-order valence-electron chi connectivity index (χ3n) is 2.18. The second-order valence-electron chi connectivity index (χ2n) is 3.94. The number of nitrogens with one attached hydrogen (secondary N) is 2. The van der Waals surface area contributed by atoms with Crippen LogP contribution in [0.15, 0.2) is 42.6 Å². The predicted molar refractivity (Wildman–Crippen MR) is 72.4 cm³/mol. The van der Waals surface area contributed by atoms with Gasteiger partial charge in [0.25, 0.3) is 0 Å². The highest BCUT2D eigenvalue weighted by atomic mass is 32.2. The van der Waals surface area contributed by atoms with Gasteiger partial charge < -0.3 is 5.32 Å². The number of rotatable bonds is 4. The Balaban J connectivity index is 2.08. The van der Waals surface area contributed by atoms with Crippen molar-refractivity contribution >= 4 is 27.2 Å². The quantitative estimate of drug-likeness (QED) is 0.902. The third kappa shape index (κ3) is 4.22. The number of aromatic nitrogens is 1. The molecule has 1 heterocycles. The van der Waals surface area contributed by atoms with Gasteiger partial charge in [-0.2, -0.15) is 0 Å². The van der Waals surface area contributed by atoms with Crippen molar-refractivity contribution < 1.29 is 12.8 Å². The average Bonchev–Trinajstić information content (AvgIpc) is 2.33. The van der Waals surface area contributed by atoms with E-state index in [-0.39, 0.29) is 5.82 Å². The van der Waals surface area contributed by atoms with Crippen LogP contribution in [0.3, 0.4) is 0 Å². The molecule has 2 rings (SSSR count). The van der Waals surface area contributed by atoms with Gasteiger partial charge in [0.1, 0.15) is 11.6 Å². The smallest absolute Gasteiger partial charge is 0.229 e. The van der Waals surface area contributed by atoms with Crippen LogP contribution in [0.2, 0.25) is 0 Å². The molecule has 2 aromatic rings. The molecule has 0 aliphatic rings. The van der Waals surface area contributed by atoms with Gasteiger partial charge in [-0.25, -0.2) is 17.8 Å². The highest BCUT2D eigenvalue weighted by molar-refractivity contribution is 7.92. The molecule has 0 spiro atoms. The minimum Gasteiger partial charge on any atom is -0.340 e. The summed E-state index contributed by atoms with van der Waals surface area (Å²) in [4.78, 5) is 4.05. The molecule has 1 aromatic heterocycles. The van der Waals surface area contributed by atoms with Crippen molar-refractivity contribution in [2.75, 3.05) is 16.3 Å². The van der Waals surface area contributed by atoms with Gasteiger partial charge in [0.2, 0.25) is 10.0 Å². The lowest BCUT2D eigenvalue weighted by atomic mass is 10.3. The van der Waals surface area contributed by atoms with Gasteiger partial charge in [0.05, 0.1) is 18.1 Å². The molecule has 0 saturated carbocycles. The van der Waals surface area contributed by atoms with Crippen molar-refractivity contribution in [3.63, 3.8) is 0 Å². The first-order chi connectivity index (χ1) is 8.92. The molecule has 0 aliphatic carbocycles. The van der Waals surface area contributed by atoms with Crippen molar-refractivity contribution in [2.45, 2.75) is 0 Å². The van der Waals surface area contributed by atoms with Crippen LogP contribution in [0.5, 0.6) is 0 Å². The van der Waals surface area contributed by atoms with Crippen LogP contribution in [-0.2, 0) is 10.0 Å². The Morgan fingerprint density at radius 1 is 1.05 bits per heavy atom. The van der Waals surface area contributed by atoms with Crippen LogP contribution in [0.1, 0.15) is 0 Å². The number of sulfonamides is 1. The molecule has 0 radical (unpaired) electrons. The first-order valence-electron chi connectivity index (χ1n) is 5.39. The summed E-state index contributed by atoms with van der Waals surface area (Å²) in [6, 6.07) is 9.04. The lowest BCUT2D eigenvalue weighted by Gasteiger charge is -2.07. The first-order valence-corrected chi connectivity index (χ1v) is 7.28. The second-order valence-corrected chi connectivity index (χ2v) is 5.69. The Kier molecular flexibility index (Phi) is 3.66. The highest BCUT2D eigenvalue weighted by Gasteiger charge is 2.02. The van der Waals surface area contributed by atoms with Crippen molar-refractivity contribution in [3.8, 4) is 0 Å². The Labute approximate surface area is 110 Å². The molecule has 0 unspecified atom stereocenters. The molecule has 19 heavy (non-hydrogen) atoms. The fraction of sp³-hybridized carbons (Fsp3) is 0.0833. The molecule has 0 saturated heterocycles. The SMILES string of the molecule is CS(=O)(=O)Nc1ccc(Nc2ccc(F)cc2)nc1. The maximum absolute atomic E-state index is 12.7. The number of anilines is 3. The van der Waals surface area contributed by atoms with Crippen LogP contribution < -0.4 is 10.0 Å². The molecule has 0 atom stereocenters. The number of hydrogen-bond donors (Lipinski definition) is 2. The average molecular weight is 281 g/mol. The molecule has 100 valence electrons. The van der Waals surface area contributed by atoms with Crippen LogP contribution in [0.25, 0.3) is 0 Å². The summed E-state index contributed by atoms with van der Waals surface area (Å²) in [5, 5.41) is 2.97. The summed E-state index contributed by atoms with van der Waals surface area (Å²) in [6.45, 7) is 0. The number of pyridine rings is 1. The van der Waals surface area contributed by atoms with E-state index in [0.717, 1.165) is 6.26 Å². The largest absolute Gasteiger partial charge is 0.340 e. The monoisotopic (exact) mass is 281 g/mol. The van der Waals surface area contributed by atoms with Gasteiger partial charge in [-0.15, -0.1) is 0 Å². The molecule has 0 bridgehead atoms. The molecular weight excluding hydrogens is 269 g/mol. The number of hydrogen-bond acceptors (Lipinski definition) is 4. The van der Waals surface area contributed by atoms with Crippen molar-refractivity contribution in [1.82, 2.24) is 4.98 Å². The highest BCUT2D eigenvalue weighted by Crippen LogP contribution is 2.16. The van der Waals surface area contributed by atoms with Crippen LogP contribution >= 0.6 is 0 Å². The molecular formula is C12H12FN3O2S. The van der Waals surface area contributed by atoms with Gasteiger partial charge in [-0.05, 0) is 36.4 Å². The Morgan fingerprint density at radius 2 is 1.68 bits per heavy atom. The fourth-order valence-corrected chi connectivity index (χ4v) is 1.97. The van der Waals surface area contributed by atoms with Gasteiger partial charge in [0.15, 0.2) is 0 Å². The Bertz CT molecular complexity index is 654. The standard InChI is InChI=1S/C12H12FN3O2S/c1-19(17,18)16-11-6-7-12(14-8-11)15-10-4-2-9(13)3-5-10/h2-8,16H,1H3,(H,14,15). The van der Waals surface area contributed by atoms with E-state index in [1.165, 1.54) is 18.3 Å².